The Hall–Kier alpha value is -2.44. The van der Waals surface area contributed by atoms with Crippen LogP contribution in [0, 0.1) is 0 Å². The first-order valence-corrected chi connectivity index (χ1v) is 27.5. The van der Waals surface area contributed by atoms with E-state index in [9.17, 15) is 19.8 Å². The van der Waals surface area contributed by atoms with Crippen LogP contribution in [0.5, 0.6) is 0 Å². The van der Waals surface area contributed by atoms with Crippen LogP contribution >= 0.6 is 0 Å². The zero-order valence-electron chi connectivity index (χ0n) is 42.4. The summed E-state index contributed by atoms with van der Waals surface area (Å²) in [5.74, 6) is -0.565. The third-order valence-electron chi connectivity index (χ3n) is 12.4. The van der Waals surface area contributed by atoms with Crippen molar-refractivity contribution < 1.29 is 24.5 Å². The van der Waals surface area contributed by atoms with Gasteiger partial charge < -0.3 is 20.3 Å². The minimum Gasteiger partial charge on any atom is -0.462 e. The lowest BCUT2D eigenvalue weighted by Crippen LogP contribution is -2.46. The summed E-state index contributed by atoms with van der Waals surface area (Å²) in [5.41, 5.74) is 0. The summed E-state index contributed by atoms with van der Waals surface area (Å²) in [6, 6.07) is -0.716. The number of amides is 1. The Bertz CT molecular complexity index is 1140. The van der Waals surface area contributed by atoms with E-state index in [4.69, 9.17) is 4.74 Å². The molecule has 64 heavy (non-hydrogen) atoms. The summed E-state index contributed by atoms with van der Waals surface area (Å²) in [4.78, 5) is 26.2. The molecule has 0 spiro atoms. The molecule has 3 N–H and O–H groups in total. The highest BCUT2D eigenvalue weighted by Crippen LogP contribution is 2.18. The van der Waals surface area contributed by atoms with Crippen molar-refractivity contribution in [1.82, 2.24) is 5.32 Å². The summed E-state index contributed by atoms with van der Waals surface area (Å²) >= 11 is 0. The average molecular weight is 896 g/mol. The predicted octanol–water partition coefficient (Wildman–Crippen LogP) is 16.8. The van der Waals surface area contributed by atoms with Crippen molar-refractivity contribution in [2.45, 2.75) is 289 Å². The standard InChI is InChI=1S/C58H105NO5/c1-4-7-10-13-16-19-22-25-27-29-30-32-35-38-41-44-47-50-56(61)55(53-60)59-57(62)52-54(49-46-43-40-37-34-24-21-18-15-12-9-6-3)64-58(63)51-48-45-42-39-36-33-31-28-26-23-20-17-14-11-8-5-2/h8,11,17,20,26,28,33,36,42,45,54-56,60-61H,4-7,9-10,12-16,18-19,21-25,27,29-32,34-35,37-41,43-44,46-53H2,1-3H3,(H,59,62)/b11-8+,20-17+,28-26+,36-33+,45-42+. The maximum absolute atomic E-state index is 13.2. The Morgan fingerprint density at radius 2 is 0.812 bits per heavy atom. The molecule has 0 heterocycles. The molecule has 0 radical (unpaired) electrons. The Labute approximate surface area is 397 Å². The van der Waals surface area contributed by atoms with Gasteiger partial charge in [-0.3, -0.25) is 9.59 Å². The zero-order chi connectivity index (χ0) is 46.7. The van der Waals surface area contributed by atoms with E-state index in [-0.39, 0.29) is 31.3 Å². The number of hydrogen-bond donors (Lipinski definition) is 3. The van der Waals surface area contributed by atoms with Crippen molar-refractivity contribution in [2.75, 3.05) is 6.61 Å². The van der Waals surface area contributed by atoms with E-state index in [1.54, 1.807) is 0 Å². The van der Waals surface area contributed by atoms with Crippen molar-refractivity contribution in [3.63, 3.8) is 0 Å². The number of ether oxygens (including phenoxy) is 1. The normalized spacial score (nSPS) is 13.6. The maximum atomic E-state index is 13.2. The lowest BCUT2D eigenvalue weighted by Gasteiger charge is -2.24. The van der Waals surface area contributed by atoms with Crippen molar-refractivity contribution in [2.24, 2.45) is 0 Å². The van der Waals surface area contributed by atoms with Gasteiger partial charge >= 0.3 is 5.97 Å². The molecule has 1 amide bonds. The zero-order valence-corrected chi connectivity index (χ0v) is 42.4. The third-order valence-corrected chi connectivity index (χ3v) is 12.4. The van der Waals surface area contributed by atoms with Crippen LogP contribution in [0.2, 0.25) is 0 Å². The number of allylic oxidation sites excluding steroid dienone is 10. The fourth-order valence-corrected chi connectivity index (χ4v) is 8.25. The molecular formula is C58H105NO5. The molecule has 6 nitrogen and oxygen atoms in total. The second-order valence-electron chi connectivity index (χ2n) is 18.6. The molecule has 0 saturated carbocycles. The second kappa shape index (κ2) is 51.5. The summed E-state index contributed by atoms with van der Waals surface area (Å²) in [7, 11) is 0. The molecule has 0 aliphatic heterocycles. The van der Waals surface area contributed by atoms with Gasteiger partial charge in [0.25, 0.3) is 0 Å². The number of aliphatic hydroxyl groups is 2. The summed E-state index contributed by atoms with van der Waals surface area (Å²) in [6.07, 6.45) is 64.4. The SMILES string of the molecule is CC/C=C/C/C=C/C/C=C/C/C=C/C/C=C/CCC(=O)OC(CCCCCCCCCCCCCC)CC(=O)NC(CO)C(O)CCCCCCCCCCCCCCCCCCC. The highest BCUT2D eigenvalue weighted by molar-refractivity contribution is 5.77. The summed E-state index contributed by atoms with van der Waals surface area (Å²) < 4.78 is 5.90. The number of carbonyl (C=O) groups is 2. The average Bonchev–Trinajstić information content (AvgIpc) is 3.29. The minimum absolute atomic E-state index is 0.0494. The molecule has 3 atom stereocenters. The monoisotopic (exact) mass is 896 g/mol. The number of nitrogens with one attached hydrogen (secondary N) is 1. The van der Waals surface area contributed by atoms with Gasteiger partial charge in [-0.1, -0.05) is 261 Å². The lowest BCUT2D eigenvalue weighted by molar-refractivity contribution is -0.150. The van der Waals surface area contributed by atoms with Gasteiger partial charge in [0.05, 0.1) is 25.2 Å². The van der Waals surface area contributed by atoms with Gasteiger partial charge in [-0.05, 0) is 57.8 Å². The smallest absolute Gasteiger partial charge is 0.306 e. The van der Waals surface area contributed by atoms with Gasteiger partial charge in [0, 0.05) is 6.42 Å². The van der Waals surface area contributed by atoms with Crippen LogP contribution in [-0.2, 0) is 14.3 Å². The van der Waals surface area contributed by atoms with Crippen molar-refractivity contribution in [1.29, 1.82) is 0 Å². The van der Waals surface area contributed by atoms with Gasteiger partial charge in [0.2, 0.25) is 5.91 Å². The minimum atomic E-state index is -0.800. The molecule has 0 aliphatic rings. The molecule has 0 saturated heterocycles. The molecule has 0 bridgehead atoms. The van der Waals surface area contributed by atoms with Gasteiger partial charge in [-0.15, -0.1) is 0 Å². The first-order chi connectivity index (χ1) is 31.5. The number of aliphatic hydroxyl groups excluding tert-OH is 2. The van der Waals surface area contributed by atoms with Gasteiger partial charge in [-0.25, -0.2) is 0 Å². The predicted molar refractivity (Wildman–Crippen MR) is 278 cm³/mol. The second-order valence-corrected chi connectivity index (χ2v) is 18.6. The number of unbranched alkanes of at least 4 members (excludes halogenated alkanes) is 27. The fraction of sp³-hybridized carbons (Fsp3) is 0.793. The quantitative estimate of drug-likeness (QED) is 0.0321. The highest BCUT2D eigenvalue weighted by atomic mass is 16.5. The van der Waals surface area contributed by atoms with E-state index >= 15 is 0 Å². The van der Waals surface area contributed by atoms with Crippen molar-refractivity contribution in [3.8, 4) is 0 Å². The molecule has 0 aliphatic carbocycles. The topological polar surface area (TPSA) is 95.9 Å². The molecule has 0 aromatic carbocycles. The first-order valence-electron chi connectivity index (χ1n) is 27.5. The number of esters is 1. The van der Waals surface area contributed by atoms with E-state index in [0.29, 0.717) is 19.3 Å². The Kier molecular flexibility index (Phi) is 49.6. The fourth-order valence-electron chi connectivity index (χ4n) is 8.25. The maximum Gasteiger partial charge on any atom is 0.306 e. The Morgan fingerprint density at radius 3 is 1.19 bits per heavy atom. The largest absolute Gasteiger partial charge is 0.462 e. The van der Waals surface area contributed by atoms with Crippen LogP contribution < -0.4 is 5.32 Å². The first kappa shape index (κ1) is 61.6. The van der Waals surface area contributed by atoms with Crippen LogP contribution in [0.15, 0.2) is 60.8 Å². The van der Waals surface area contributed by atoms with Crippen LogP contribution in [0.3, 0.4) is 0 Å². The van der Waals surface area contributed by atoms with Crippen LogP contribution in [0.25, 0.3) is 0 Å². The van der Waals surface area contributed by atoms with Crippen LogP contribution in [0.1, 0.15) is 271 Å². The summed E-state index contributed by atoms with van der Waals surface area (Å²) in [5, 5.41) is 23.8. The third kappa shape index (κ3) is 46.1. The van der Waals surface area contributed by atoms with Crippen LogP contribution in [0.4, 0.5) is 0 Å². The Morgan fingerprint density at radius 1 is 0.469 bits per heavy atom. The van der Waals surface area contributed by atoms with Crippen LogP contribution in [-0.4, -0.2) is 46.9 Å². The number of carbonyl (C=O) groups excluding carboxylic acids is 2. The molecule has 6 heteroatoms. The lowest BCUT2D eigenvalue weighted by atomic mass is 10.0. The van der Waals surface area contributed by atoms with Gasteiger partial charge in [0.1, 0.15) is 6.10 Å². The van der Waals surface area contributed by atoms with E-state index in [2.05, 4.69) is 80.8 Å². The number of hydrogen-bond acceptors (Lipinski definition) is 5. The molecule has 372 valence electrons. The highest BCUT2D eigenvalue weighted by Gasteiger charge is 2.24. The summed E-state index contributed by atoms with van der Waals surface area (Å²) in [6.45, 7) is 6.37. The van der Waals surface area contributed by atoms with E-state index in [0.717, 1.165) is 70.6 Å². The Balaban J connectivity index is 4.58. The van der Waals surface area contributed by atoms with Crippen molar-refractivity contribution >= 4 is 11.9 Å². The molecule has 0 aromatic heterocycles. The molecular weight excluding hydrogens is 791 g/mol. The van der Waals surface area contributed by atoms with Gasteiger partial charge in [-0.2, -0.15) is 0 Å². The van der Waals surface area contributed by atoms with Gasteiger partial charge in [0.15, 0.2) is 0 Å². The van der Waals surface area contributed by atoms with E-state index < -0.39 is 18.2 Å². The van der Waals surface area contributed by atoms with Crippen molar-refractivity contribution in [3.05, 3.63) is 60.8 Å². The van der Waals surface area contributed by atoms with E-state index in [1.165, 1.54) is 148 Å². The molecule has 0 fully saturated rings. The molecule has 3 unspecified atom stereocenters. The number of rotatable bonds is 49. The molecule has 0 rings (SSSR count). The van der Waals surface area contributed by atoms with E-state index in [1.807, 2.05) is 6.08 Å². The molecule has 0 aromatic rings.